The van der Waals surface area contributed by atoms with E-state index < -0.39 is 0 Å². The molecule has 206 valence electrons. The molecule has 8 nitrogen and oxygen atoms in total. The highest BCUT2D eigenvalue weighted by molar-refractivity contribution is 9.12. The fourth-order valence-corrected chi connectivity index (χ4v) is 5.11. The van der Waals surface area contributed by atoms with Gasteiger partial charge in [-0.1, -0.05) is 35.9 Å². The Bertz CT molecular complexity index is 1290. The minimum Gasteiger partial charge on any atom is -0.489 e. The van der Waals surface area contributed by atoms with Crippen molar-refractivity contribution in [2.75, 3.05) is 19.6 Å². The van der Waals surface area contributed by atoms with Crippen molar-refractivity contribution >= 4 is 45.2 Å². The van der Waals surface area contributed by atoms with Gasteiger partial charge in [-0.15, -0.1) is 0 Å². The summed E-state index contributed by atoms with van der Waals surface area (Å²) >= 11 is 9.92. The smallest absolute Gasteiger partial charge is 0.251 e. The second-order valence-electron chi connectivity index (χ2n) is 9.75. The average molecular weight is 615 g/mol. The topological polar surface area (TPSA) is 109 Å². The van der Waals surface area contributed by atoms with E-state index in [0.717, 1.165) is 28.0 Å². The lowest BCUT2D eigenvalue weighted by atomic mass is 10.0. The van der Waals surface area contributed by atoms with Gasteiger partial charge in [0.2, 0.25) is 5.91 Å². The van der Waals surface area contributed by atoms with Gasteiger partial charge >= 0.3 is 0 Å². The lowest BCUT2D eigenvalue weighted by molar-refractivity contribution is -0.121. The van der Waals surface area contributed by atoms with Crippen molar-refractivity contribution in [3.63, 3.8) is 0 Å². The van der Waals surface area contributed by atoms with E-state index in [-0.39, 0.29) is 49.5 Å². The Kier molecular flexibility index (Phi) is 9.83. The summed E-state index contributed by atoms with van der Waals surface area (Å²) in [6.45, 7) is 5.13. The summed E-state index contributed by atoms with van der Waals surface area (Å²) in [7, 11) is 0. The zero-order valence-electron chi connectivity index (χ0n) is 22.0. The summed E-state index contributed by atoms with van der Waals surface area (Å²) in [6, 6.07) is 12.9. The third-order valence-electron chi connectivity index (χ3n) is 6.30. The quantitative estimate of drug-likeness (QED) is 0.346. The molecule has 2 atom stereocenters. The van der Waals surface area contributed by atoms with E-state index in [1.165, 1.54) is 0 Å². The van der Waals surface area contributed by atoms with Gasteiger partial charge in [0.05, 0.1) is 34.2 Å². The summed E-state index contributed by atoms with van der Waals surface area (Å²) < 4.78 is 6.64. The number of amidine groups is 1. The van der Waals surface area contributed by atoms with Crippen LogP contribution in [0.5, 0.6) is 5.75 Å². The number of amides is 2. The lowest BCUT2D eigenvalue weighted by Crippen LogP contribution is -2.45. The molecule has 2 amide bonds. The standard InChI is InChI=1S/C29H33BrClN5O3/c1-18(2)39-26-10-9-21(15-24(26)31)29(38)34-22(16-33-27(37)11-12-32)14-19-5-7-20(8-6-19)25-17-36-13-3-4-23(30)28(36)35-25/h3-10,13,15,18,22,25H,11-12,14,16-17,32H2,1-2H3,(H,33,37)(H,34,38)/t22-,25?/m0/s1. The lowest BCUT2D eigenvalue weighted by Gasteiger charge is -2.21. The third-order valence-corrected chi connectivity index (χ3v) is 7.21. The number of carbonyl (C=O) groups excluding carboxylic acids is 2. The molecule has 2 aromatic rings. The maximum atomic E-state index is 13.1. The molecule has 4 rings (SSSR count). The third kappa shape index (κ3) is 7.71. The van der Waals surface area contributed by atoms with Gasteiger partial charge in [-0.2, -0.15) is 0 Å². The molecule has 0 spiro atoms. The van der Waals surface area contributed by atoms with E-state index in [9.17, 15) is 9.59 Å². The van der Waals surface area contributed by atoms with Gasteiger partial charge in [-0.3, -0.25) is 14.6 Å². The molecule has 39 heavy (non-hydrogen) atoms. The number of hydrogen-bond acceptors (Lipinski definition) is 6. The van der Waals surface area contributed by atoms with Gasteiger partial charge in [0.25, 0.3) is 5.91 Å². The first-order valence-corrected chi connectivity index (χ1v) is 14.1. The molecule has 0 radical (unpaired) electrons. The zero-order chi connectivity index (χ0) is 27.9. The maximum Gasteiger partial charge on any atom is 0.251 e. The van der Waals surface area contributed by atoms with Crippen LogP contribution in [-0.2, 0) is 11.2 Å². The van der Waals surface area contributed by atoms with Crippen molar-refractivity contribution in [3.8, 4) is 5.75 Å². The highest BCUT2D eigenvalue weighted by atomic mass is 79.9. The highest BCUT2D eigenvalue weighted by Gasteiger charge is 2.27. The Labute approximate surface area is 242 Å². The predicted octanol–water partition coefficient (Wildman–Crippen LogP) is 4.49. The molecule has 10 heteroatoms. The SMILES string of the molecule is CC(C)Oc1ccc(C(=O)N[C@H](CNC(=O)CCN)Cc2ccc(C3CN4C=CC=C(Br)C4=N3)cc2)cc1Cl. The van der Waals surface area contributed by atoms with E-state index in [1.54, 1.807) is 18.2 Å². The molecule has 2 aliphatic heterocycles. The van der Waals surface area contributed by atoms with Crippen molar-refractivity contribution < 1.29 is 14.3 Å². The van der Waals surface area contributed by atoms with Crippen LogP contribution in [0.4, 0.5) is 0 Å². The average Bonchev–Trinajstić information content (AvgIpc) is 3.34. The van der Waals surface area contributed by atoms with Crippen LogP contribution >= 0.6 is 27.5 Å². The second kappa shape index (κ2) is 13.3. The number of nitrogens with two attached hydrogens (primary N) is 1. The molecule has 4 N–H and O–H groups in total. The number of rotatable bonds is 11. The molecule has 0 saturated carbocycles. The Morgan fingerprint density at radius 1 is 1.23 bits per heavy atom. The minimum atomic E-state index is -0.345. The number of nitrogens with one attached hydrogen (secondary N) is 2. The van der Waals surface area contributed by atoms with Crippen LogP contribution in [0.15, 0.2) is 70.3 Å². The molecule has 0 saturated heterocycles. The molecule has 2 heterocycles. The summed E-state index contributed by atoms with van der Waals surface area (Å²) in [6.07, 6.45) is 6.74. The first-order valence-electron chi connectivity index (χ1n) is 12.9. The fraction of sp³-hybridized carbons (Fsp3) is 0.345. The number of nitrogens with zero attached hydrogens (tertiary/aromatic N) is 2. The minimum absolute atomic E-state index is 0.0339. The van der Waals surface area contributed by atoms with Gasteiger partial charge in [-0.25, -0.2) is 0 Å². The Morgan fingerprint density at radius 3 is 2.67 bits per heavy atom. The van der Waals surface area contributed by atoms with Crippen LogP contribution in [0.2, 0.25) is 5.02 Å². The number of ether oxygens (including phenoxy) is 1. The van der Waals surface area contributed by atoms with Crippen LogP contribution in [-0.4, -0.2) is 54.3 Å². The number of benzene rings is 2. The first kappa shape index (κ1) is 28.9. The van der Waals surface area contributed by atoms with E-state index in [2.05, 4.69) is 43.6 Å². The van der Waals surface area contributed by atoms with Crippen LogP contribution in [0.3, 0.4) is 0 Å². The van der Waals surface area contributed by atoms with Gasteiger partial charge < -0.3 is 26.0 Å². The van der Waals surface area contributed by atoms with E-state index in [0.29, 0.717) is 22.8 Å². The van der Waals surface area contributed by atoms with Crippen LogP contribution in [0, 0.1) is 0 Å². The van der Waals surface area contributed by atoms with Crippen LogP contribution in [0.1, 0.15) is 47.8 Å². The Morgan fingerprint density at radius 2 is 2.00 bits per heavy atom. The van der Waals surface area contributed by atoms with Crippen LogP contribution in [0.25, 0.3) is 0 Å². The molecular weight excluding hydrogens is 582 g/mol. The largest absolute Gasteiger partial charge is 0.489 e. The number of fused-ring (bicyclic) bond motifs is 1. The molecule has 2 aliphatic rings. The van der Waals surface area contributed by atoms with E-state index in [4.69, 9.17) is 27.1 Å². The molecule has 0 fully saturated rings. The monoisotopic (exact) mass is 613 g/mol. The first-order chi connectivity index (χ1) is 18.7. The zero-order valence-corrected chi connectivity index (χ0v) is 24.3. The normalized spacial score (nSPS) is 16.9. The van der Waals surface area contributed by atoms with Gasteiger partial charge in [0.15, 0.2) is 0 Å². The van der Waals surface area contributed by atoms with Gasteiger partial charge in [0, 0.05) is 31.3 Å². The molecule has 1 unspecified atom stereocenters. The second-order valence-corrected chi connectivity index (χ2v) is 11.0. The van der Waals surface area contributed by atoms with Crippen molar-refractivity contribution in [2.45, 2.75) is 44.9 Å². The number of carbonyl (C=O) groups is 2. The van der Waals surface area contributed by atoms with Gasteiger partial charge in [0.1, 0.15) is 11.6 Å². The Balaban J connectivity index is 1.44. The molecule has 0 aromatic heterocycles. The fourth-order valence-electron chi connectivity index (χ4n) is 4.40. The molecule has 0 aliphatic carbocycles. The number of hydrogen-bond donors (Lipinski definition) is 3. The Hall–Kier alpha value is -3.14. The molecule has 0 bridgehead atoms. The summed E-state index contributed by atoms with van der Waals surface area (Å²) in [4.78, 5) is 32.2. The summed E-state index contributed by atoms with van der Waals surface area (Å²) in [5.74, 6) is 1.02. The number of allylic oxidation sites excluding steroid dienone is 2. The van der Waals surface area contributed by atoms with Crippen molar-refractivity contribution in [1.29, 1.82) is 0 Å². The maximum absolute atomic E-state index is 13.1. The number of aliphatic imine (C=N–C) groups is 1. The van der Waals surface area contributed by atoms with Crippen molar-refractivity contribution in [1.82, 2.24) is 15.5 Å². The van der Waals surface area contributed by atoms with Crippen molar-refractivity contribution in [3.05, 3.63) is 87.0 Å². The van der Waals surface area contributed by atoms with E-state index in [1.807, 2.05) is 44.3 Å². The number of halogens is 2. The van der Waals surface area contributed by atoms with Gasteiger partial charge in [-0.05, 0) is 77.7 Å². The van der Waals surface area contributed by atoms with E-state index >= 15 is 0 Å². The predicted molar refractivity (Wildman–Crippen MR) is 158 cm³/mol. The molecule has 2 aromatic carbocycles. The highest BCUT2D eigenvalue weighted by Crippen LogP contribution is 2.31. The summed E-state index contributed by atoms with van der Waals surface area (Å²) in [5.41, 5.74) is 8.07. The van der Waals surface area contributed by atoms with Crippen molar-refractivity contribution in [2.24, 2.45) is 10.7 Å². The van der Waals surface area contributed by atoms with Crippen LogP contribution < -0.4 is 21.1 Å². The molecular formula is C29H33BrClN5O3. The summed E-state index contributed by atoms with van der Waals surface area (Å²) in [5, 5.41) is 6.28.